The predicted octanol–water partition coefficient (Wildman–Crippen LogP) is 2.74. The second-order valence-corrected chi connectivity index (χ2v) is 5.11. The molecular formula is C15H17FN2O. The lowest BCUT2D eigenvalue weighted by Crippen LogP contribution is -2.23. The third-order valence-electron chi connectivity index (χ3n) is 3.19. The van der Waals surface area contributed by atoms with Crippen molar-refractivity contribution in [2.45, 2.75) is 32.8 Å². The molecule has 0 bridgehead atoms. The van der Waals surface area contributed by atoms with Crippen LogP contribution in [0.2, 0.25) is 0 Å². The summed E-state index contributed by atoms with van der Waals surface area (Å²) in [5.74, 6) is 0.365. The number of nitrogens with zero attached hydrogens (tertiary/aromatic N) is 2. The van der Waals surface area contributed by atoms with Crippen molar-refractivity contribution in [2.24, 2.45) is 0 Å². The van der Waals surface area contributed by atoms with Crippen molar-refractivity contribution >= 4 is 0 Å². The van der Waals surface area contributed by atoms with Crippen molar-refractivity contribution in [1.29, 1.82) is 0 Å². The molecule has 0 spiro atoms. The molecule has 0 aliphatic carbocycles. The predicted molar refractivity (Wildman–Crippen MR) is 71.2 cm³/mol. The molecule has 1 aromatic carbocycles. The van der Waals surface area contributed by atoms with Crippen LogP contribution < -0.4 is 0 Å². The highest BCUT2D eigenvalue weighted by atomic mass is 19.1. The Labute approximate surface area is 112 Å². The molecule has 0 fully saturated rings. The molecule has 4 heteroatoms. The summed E-state index contributed by atoms with van der Waals surface area (Å²) in [7, 11) is 0. The summed E-state index contributed by atoms with van der Waals surface area (Å²) in [6.07, 6.45) is 0. The van der Waals surface area contributed by atoms with E-state index in [0.717, 1.165) is 11.3 Å². The monoisotopic (exact) mass is 260 g/mol. The van der Waals surface area contributed by atoms with Crippen molar-refractivity contribution in [3.8, 4) is 0 Å². The number of benzene rings is 1. The van der Waals surface area contributed by atoms with Gasteiger partial charge in [-0.1, -0.05) is 12.1 Å². The molecular weight excluding hydrogens is 243 g/mol. The summed E-state index contributed by atoms with van der Waals surface area (Å²) >= 11 is 0. The summed E-state index contributed by atoms with van der Waals surface area (Å²) in [6, 6.07) is 8.09. The first-order valence-corrected chi connectivity index (χ1v) is 6.15. The largest absolute Gasteiger partial charge is 0.390 e. The first-order chi connectivity index (χ1) is 8.93. The fourth-order valence-corrected chi connectivity index (χ4v) is 1.99. The fourth-order valence-electron chi connectivity index (χ4n) is 1.99. The number of aliphatic hydroxyl groups excluding tert-OH is 1. The highest BCUT2D eigenvalue weighted by molar-refractivity contribution is 5.32. The van der Waals surface area contributed by atoms with Gasteiger partial charge in [0.15, 0.2) is 0 Å². The second-order valence-electron chi connectivity index (χ2n) is 5.11. The van der Waals surface area contributed by atoms with Gasteiger partial charge in [0.1, 0.15) is 11.6 Å². The smallest absolute Gasteiger partial charge is 0.138 e. The molecule has 0 saturated heterocycles. The van der Waals surface area contributed by atoms with E-state index >= 15 is 0 Å². The Bertz CT molecular complexity index is 579. The molecule has 2 rings (SSSR count). The van der Waals surface area contributed by atoms with Crippen LogP contribution >= 0.6 is 0 Å². The van der Waals surface area contributed by atoms with Crippen LogP contribution in [0.25, 0.3) is 0 Å². The zero-order valence-corrected chi connectivity index (χ0v) is 11.3. The first kappa shape index (κ1) is 13.6. The Morgan fingerprint density at radius 2 is 1.79 bits per heavy atom. The Hall–Kier alpha value is -1.81. The Kier molecular flexibility index (Phi) is 3.62. The SMILES string of the molecule is Cc1cc(CO)nc(C(C)(C)c2ccc(F)cc2)n1. The zero-order valence-electron chi connectivity index (χ0n) is 11.3. The van der Waals surface area contributed by atoms with Crippen LogP contribution in [0.5, 0.6) is 0 Å². The third kappa shape index (κ3) is 2.79. The third-order valence-corrected chi connectivity index (χ3v) is 3.19. The van der Waals surface area contributed by atoms with E-state index in [0.29, 0.717) is 11.5 Å². The number of aryl methyl sites for hydroxylation is 1. The van der Waals surface area contributed by atoms with Crippen LogP contribution in [0.15, 0.2) is 30.3 Å². The molecule has 0 saturated carbocycles. The highest BCUT2D eigenvalue weighted by Crippen LogP contribution is 2.29. The number of hydrogen-bond donors (Lipinski definition) is 1. The minimum absolute atomic E-state index is 0.115. The van der Waals surface area contributed by atoms with Crippen molar-refractivity contribution in [3.05, 3.63) is 58.9 Å². The van der Waals surface area contributed by atoms with Gasteiger partial charge in [-0.2, -0.15) is 0 Å². The molecule has 2 aromatic rings. The maximum absolute atomic E-state index is 13.0. The summed E-state index contributed by atoms with van der Waals surface area (Å²) < 4.78 is 13.0. The van der Waals surface area contributed by atoms with Gasteiger partial charge in [0.25, 0.3) is 0 Å². The van der Waals surface area contributed by atoms with Crippen LogP contribution in [0.1, 0.15) is 36.6 Å². The summed E-state index contributed by atoms with van der Waals surface area (Å²) in [5, 5.41) is 9.22. The van der Waals surface area contributed by atoms with Gasteiger partial charge in [0.05, 0.1) is 12.3 Å². The average molecular weight is 260 g/mol. The molecule has 0 unspecified atom stereocenters. The lowest BCUT2D eigenvalue weighted by atomic mass is 9.83. The number of halogens is 1. The minimum atomic E-state index is -0.441. The van der Waals surface area contributed by atoms with Crippen molar-refractivity contribution in [2.75, 3.05) is 0 Å². The molecule has 3 nitrogen and oxygen atoms in total. The summed E-state index contributed by atoms with van der Waals surface area (Å²) in [4.78, 5) is 8.80. The molecule has 1 heterocycles. The first-order valence-electron chi connectivity index (χ1n) is 6.15. The average Bonchev–Trinajstić information content (AvgIpc) is 2.38. The van der Waals surface area contributed by atoms with Gasteiger partial charge in [-0.05, 0) is 44.5 Å². The molecule has 0 amide bonds. The molecule has 1 N–H and O–H groups in total. The van der Waals surface area contributed by atoms with E-state index in [9.17, 15) is 9.50 Å². The van der Waals surface area contributed by atoms with Gasteiger partial charge in [-0.3, -0.25) is 0 Å². The number of aliphatic hydroxyl groups is 1. The molecule has 100 valence electrons. The number of hydrogen-bond acceptors (Lipinski definition) is 3. The summed E-state index contributed by atoms with van der Waals surface area (Å²) in [6.45, 7) is 5.72. The maximum Gasteiger partial charge on any atom is 0.138 e. The van der Waals surface area contributed by atoms with E-state index in [4.69, 9.17) is 0 Å². The lowest BCUT2D eigenvalue weighted by Gasteiger charge is -2.24. The quantitative estimate of drug-likeness (QED) is 0.923. The Morgan fingerprint density at radius 1 is 1.16 bits per heavy atom. The molecule has 1 aromatic heterocycles. The molecule has 0 aliphatic rings. The van der Waals surface area contributed by atoms with E-state index < -0.39 is 5.41 Å². The van der Waals surface area contributed by atoms with Gasteiger partial charge in [-0.15, -0.1) is 0 Å². The van der Waals surface area contributed by atoms with Crippen LogP contribution in [0, 0.1) is 12.7 Å². The molecule has 0 aliphatic heterocycles. The van der Waals surface area contributed by atoms with Gasteiger partial charge in [0, 0.05) is 11.1 Å². The highest BCUT2D eigenvalue weighted by Gasteiger charge is 2.27. The van der Waals surface area contributed by atoms with Crippen LogP contribution in [-0.4, -0.2) is 15.1 Å². The van der Waals surface area contributed by atoms with E-state index in [1.165, 1.54) is 12.1 Å². The van der Waals surface area contributed by atoms with E-state index in [2.05, 4.69) is 9.97 Å². The number of aromatic nitrogens is 2. The molecule has 0 radical (unpaired) electrons. The Morgan fingerprint density at radius 3 is 2.37 bits per heavy atom. The van der Waals surface area contributed by atoms with Crippen LogP contribution in [-0.2, 0) is 12.0 Å². The van der Waals surface area contributed by atoms with Crippen molar-refractivity contribution in [1.82, 2.24) is 9.97 Å². The van der Waals surface area contributed by atoms with E-state index in [1.54, 1.807) is 18.2 Å². The standard InChI is InChI=1S/C15H17FN2O/c1-10-8-13(9-19)18-14(17-10)15(2,3)11-4-6-12(16)7-5-11/h4-8,19H,9H2,1-3H3. The minimum Gasteiger partial charge on any atom is -0.390 e. The normalized spacial score (nSPS) is 11.6. The van der Waals surface area contributed by atoms with Crippen LogP contribution in [0.4, 0.5) is 4.39 Å². The van der Waals surface area contributed by atoms with Gasteiger partial charge >= 0.3 is 0 Å². The fraction of sp³-hybridized carbons (Fsp3) is 0.333. The van der Waals surface area contributed by atoms with Gasteiger partial charge in [-0.25, -0.2) is 14.4 Å². The molecule has 0 atom stereocenters. The topological polar surface area (TPSA) is 46.0 Å². The Balaban J connectivity index is 2.49. The molecule has 19 heavy (non-hydrogen) atoms. The second kappa shape index (κ2) is 5.05. The lowest BCUT2D eigenvalue weighted by molar-refractivity contribution is 0.275. The van der Waals surface area contributed by atoms with E-state index in [-0.39, 0.29) is 12.4 Å². The van der Waals surface area contributed by atoms with Crippen LogP contribution in [0.3, 0.4) is 0 Å². The summed E-state index contributed by atoms with van der Waals surface area (Å²) in [5.41, 5.74) is 1.90. The van der Waals surface area contributed by atoms with Crippen molar-refractivity contribution in [3.63, 3.8) is 0 Å². The van der Waals surface area contributed by atoms with E-state index in [1.807, 2.05) is 20.8 Å². The number of rotatable bonds is 3. The maximum atomic E-state index is 13.0. The van der Waals surface area contributed by atoms with Gasteiger partial charge in [0.2, 0.25) is 0 Å². The van der Waals surface area contributed by atoms with Crippen molar-refractivity contribution < 1.29 is 9.50 Å². The van der Waals surface area contributed by atoms with Gasteiger partial charge < -0.3 is 5.11 Å². The zero-order chi connectivity index (χ0) is 14.0.